The van der Waals surface area contributed by atoms with Crippen LogP contribution in [-0.2, 0) is 4.79 Å². The first-order valence-electron chi connectivity index (χ1n) is 9.76. The standard InChI is InChI=1S/C24H23FN2O4S/c1-15(23(28)27-21-13-10-17(30-2)14-22(21)31-3)32-18-11-8-16(9-12-18)26-24(29)19-6-4-5-7-20(19)25/h4-15H,1-3H3,(H,26,29)(H,27,28). The lowest BCUT2D eigenvalue weighted by atomic mass is 10.2. The average Bonchev–Trinajstić information content (AvgIpc) is 2.80. The zero-order valence-corrected chi connectivity index (χ0v) is 18.7. The molecule has 0 saturated heterocycles. The number of carbonyl (C=O) groups is 2. The number of rotatable bonds is 8. The third-order valence-corrected chi connectivity index (χ3v) is 5.69. The van der Waals surface area contributed by atoms with E-state index in [1.165, 1.54) is 37.1 Å². The summed E-state index contributed by atoms with van der Waals surface area (Å²) in [7, 11) is 3.08. The summed E-state index contributed by atoms with van der Waals surface area (Å²) in [5, 5.41) is 5.14. The van der Waals surface area contributed by atoms with Crippen LogP contribution < -0.4 is 20.1 Å². The molecule has 3 rings (SSSR count). The topological polar surface area (TPSA) is 76.7 Å². The molecule has 3 aromatic carbocycles. The number of nitrogens with one attached hydrogen (secondary N) is 2. The molecule has 0 aliphatic rings. The minimum atomic E-state index is -0.578. The summed E-state index contributed by atoms with van der Waals surface area (Å²) >= 11 is 1.37. The van der Waals surface area contributed by atoms with E-state index in [4.69, 9.17) is 9.47 Å². The molecule has 6 nitrogen and oxygen atoms in total. The van der Waals surface area contributed by atoms with Crippen LogP contribution in [0.25, 0.3) is 0 Å². The Morgan fingerprint density at radius 3 is 2.31 bits per heavy atom. The van der Waals surface area contributed by atoms with Gasteiger partial charge in [-0.2, -0.15) is 0 Å². The summed E-state index contributed by atoms with van der Waals surface area (Å²) in [6.45, 7) is 1.80. The van der Waals surface area contributed by atoms with Crippen molar-refractivity contribution in [2.24, 2.45) is 0 Å². The van der Waals surface area contributed by atoms with Crippen molar-refractivity contribution in [2.75, 3.05) is 24.9 Å². The molecule has 0 heterocycles. The molecule has 0 fully saturated rings. The van der Waals surface area contributed by atoms with Crippen molar-refractivity contribution in [2.45, 2.75) is 17.1 Å². The number of amides is 2. The summed E-state index contributed by atoms with van der Waals surface area (Å²) in [5.74, 6) is -0.153. The van der Waals surface area contributed by atoms with Crippen LogP contribution in [0.2, 0.25) is 0 Å². The van der Waals surface area contributed by atoms with E-state index in [-0.39, 0.29) is 16.7 Å². The Balaban J connectivity index is 1.59. The van der Waals surface area contributed by atoms with Crippen LogP contribution in [0.3, 0.4) is 0 Å². The maximum Gasteiger partial charge on any atom is 0.258 e. The number of halogens is 1. The fourth-order valence-corrected chi connectivity index (χ4v) is 3.72. The lowest BCUT2D eigenvalue weighted by Crippen LogP contribution is -2.22. The van der Waals surface area contributed by atoms with Gasteiger partial charge in [0, 0.05) is 16.6 Å². The largest absolute Gasteiger partial charge is 0.497 e. The molecule has 0 aliphatic carbocycles. The Kier molecular flexibility index (Phi) is 7.72. The van der Waals surface area contributed by atoms with E-state index >= 15 is 0 Å². The van der Waals surface area contributed by atoms with Gasteiger partial charge in [0.25, 0.3) is 5.91 Å². The van der Waals surface area contributed by atoms with Gasteiger partial charge in [-0.3, -0.25) is 9.59 Å². The predicted octanol–water partition coefficient (Wildman–Crippen LogP) is 5.21. The van der Waals surface area contributed by atoms with Crippen LogP contribution in [-0.4, -0.2) is 31.3 Å². The van der Waals surface area contributed by atoms with Gasteiger partial charge in [0.1, 0.15) is 17.3 Å². The number of methoxy groups -OCH3 is 2. The van der Waals surface area contributed by atoms with E-state index in [9.17, 15) is 14.0 Å². The van der Waals surface area contributed by atoms with Gasteiger partial charge in [-0.25, -0.2) is 4.39 Å². The van der Waals surface area contributed by atoms with E-state index < -0.39 is 11.7 Å². The Labute approximate surface area is 190 Å². The molecule has 0 aromatic heterocycles. The first kappa shape index (κ1) is 23.1. The summed E-state index contributed by atoms with van der Waals surface area (Å²) < 4.78 is 24.2. The zero-order chi connectivity index (χ0) is 23.1. The molecule has 1 unspecified atom stereocenters. The first-order chi connectivity index (χ1) is 15.4. The van der Waals surface area contributed by atoms with Gasteiger partial charge in [-0.15, -0.1) is 11.8 Å². The molecule has 0 aliphatic heterocycles. The minimum Gasteiger partial charge on any atom is -0.497 e. The summed E-state index contributed by atoms with van der Waals surface area (Å²) in [6.07, 6.45) is 0. The van der Waals surface area contributed by atoms with Crippen LogP contribution in [0, 0.1) is 5.82 Å². The minimum absolute atomic E-state index is 0.0230. The molecule has 3 aromatic rings. The molecular weight excluding hydrogens is 431 g/mol. The number of thioether (sulfide) groups is 1. The smallest absolute Gasteiger partial charge is 0.258 e. The van der Waals surface area contributed by atoms with Crippen molar-refractivity contribution in [1.82, 2.24) is 0 Å². The predicted molar refractivity (Wildman–Crippen MR) is 124 cm³/mol. The van der Waals surface area contributed by atoms with Crippen LogP contribution in [0.1, 0.15) is 17.3 Å². The molecule has 8 heteroatoms. The van der Waals surface area contributed by atoms with Gasteiger partial charge in [0.2, 0.25) is 5.91 Å². The van der Waals surface area contributed by atoms with E-state index in [2.05, 4.69) is 10.6 Å². The molecule has 166 valence electrons. The van der Waals surface area contributed by atoms with Crippen molar-refractivity contribution in [3.8, 4) is 11.5 Å². The highest BCUT2D eigenvalue weighted by Crippen LogP contribution is 2.31. The molecule has 0 bridgehead atoms. The Bertz CT molecular complexity index is 1110. The molecule has 0 spiro atoms. The molecular formula is C24H23FN2O4S. The Morgan fingerprint density at radius 1 is 0.938 bits per heavy atom. The number of benzene rings is 3. The van der Waals surface area contributed by atoms with Gasteiger partial charge < -0.3 is 20.1 Å². The fourth-order valence-electron chi connectivity index (χ4n) is 2.85. The van der Waals surface area contributed by atoms with Crippen LogP contribution >= 0.6 is 11.8 Å². The highest BCUT2D eigenvalue weighted by atomic mass is 32.2. The van der Waals surface area contributed by atoms with Gasteiger partial charge in [0.15, 0.2) is 0 Å². The third kappa shape index (κ3) is 5.79. The normalized spacial score (nSPS) is 11.4. The van der Waals surface area contributed by atoms with Crippen molar-refractivity contribution >= 4 is 35.0 Å². The van der Waals surface area contributed by atoms with E-state index in [1.807, 2.05) is 0 Å². The van der Waals surface area contributed by atoms with E-state index in [1.54, 1.807) is 62.6 Å². The lowest BCUT2D eigenvalue weighted by molar-refractivity contribution is -0.115. The lowest BCUT2D eigenvalue weighted by Gasteiger charge is -2.15. The highest BCUT2D eigenvalue weighted by molar-refractivity contribution is 8.00. The van der Waals surface area contributed by atoms with Gasteiger partial charge in [0.05, 0.1) is 30.7 Å². The van der Waals surface area contributed by atoms with Crippen molar-refractivity contribution < 1.29 is 23.5 Å². The molecule has 0 radical (unpaired) electrons. The summed E-state index contributed by atoms with van der Waals surface area (Å²) in [4.78, 5) is 25.7. The molecule has 2 N–H and O–H groups in total. The van der Waals surface area contributed by atoms with Crippen LogP contribution in [0.4, 0.5) is 15.8 Å². The molecule has 2 amide bonds. The second-order valence-corrected chi connectivity index (χ2v) is 8.19. The Hall–Kier alpha value is -3.52. The first-order valence-corrected chi connectivity index (χ1v) is 10.6. The van der Waals surface area contributed by atoms with Gasteiger partial charge in [-0.05, 0) is 55.5 Å². The number of hydrogen-bond acceptors (Lipinski definition) is 5. The highest BCUT2D eigenvalue weighted by Gasteiger charge is 2.17. The summed E-state index contributed by atoms with van der Waals surface area (Å²) in [5.41, 5.74) is 1.06. The zero-order valence-electron chi connectivity index (χ0n) is 17.8. The Morgan fingerprint density at radius 2 is 1.66 bits per heavy atom. The maximum atomic E-state index is 13.8. The summed E-state index contributed by atoms with van der Waals surface area (Å²) in [6, 6.07) is 17.9. The number of anilines is 2. The van der Waals surface area contributed by atoms with Gasteiger partial charge in [-0.1, -0.05) is 12.1 Å². The fraction of sp³-hybridized carbons (Fsp3) is 0.167. The van der Waals surface area contributed by atoms with Crippen LogP contribution in [0.15, 0.2) is 71.6 Å². The van der Waals surface area contributed by atoms with Crippen molar-refractivity contribution in [3.63, 3.8) is 0 Å². The van der Waals surface area contributed by atoms with Crippen LogP contribution in [0.5, 0.6) is 11.5 Å². The third-order valence-electron chi connectivity index (χ3n) is 4.58. The van der Waals surface area contributed by atoms with Crippen molar-refractivity contribution in [3.05, 3.63) is 78.1 Å². The monoisotopic (exact) mass is 454 g/mol. The molecule has 0 saturated carbocycles. The molecule has 1 atom stereocenters. The van der Waals surface area contributed by atoms with E-state index in [0.717, 1.165) is 4.90 Å². The molecule has 32 heavy (non-hydrogen) atoms. The average molecular weight is 455 g/mol. The second-order valence-electron chi connectivity index (χ2n) is 6.77. The quantitative estimate of drug-likeness (QED) is 0.457. The second kappa shape index (κ2) is 10.7. The number of hydrogen-bond donors (Lipinski definition) is 2. The van der Waals surface area contributed by atoms with Crippen molar-refractivity contribution in [1.29, 1.82) is 0 Å². The van der Waals surface area contributed by atoms with E-state index in [0.29, 0.717) is 22.9 Å². The van der Waals surface area contributed by atoms with Gasteiger partial charge >= 0.3 is 0 Å². The maximum absolute atomic E-state index is 13.8. The SMILES string of the molecule is COc1ccc(NC(=O)C(C)Sc2ccc(NC(=O)c3ccccc3F)cc2)c(OC)c1. The number of carbonyl (C=O) groups excluding carboxylic acids is 2. The number of ether oxygens (including phenoxy) is 2.